The summed E-state index contributed by atoms with van der Waals surface area (Å²) in [6, 6.07) is 0. The molecule has 0 saturated carbocycles. The fourth-order valence-corrected chi connectivity index (χ4v) is 2.47. The number of carbonyl (C=O) groups excluding carboxylic acids is 2. The van der Waals surface area contributed by atoms with Crippen molar-refractivity contribution in [2.75, 3.05) is 26.3 Å². The lowest BCUT2D eigenvalue weighted by Gasteiger charge is -2.32. The zero-order valence-corrected chi connectivity index (χ0v) is 20.3. The van der Waals surface area contributed by atoms with E-state index in [0.717, 1.165) is 0 Å². The first kappa shape index (κ1) is 37.6. The van der Waals surface area contributed by atoms with Crippen LogP contribution >= 0.6 is 0 Å². The third-order valence-corrected chi connectivity index (χ3v) is 4.73. The van der Waals surface area contributed by atoms with Gasteiger partial charge in [-0.25, -0.2) is 4.79 Å². The molecule has 38 heavy (non-hydrogen) atoms. The predicted molar refractivity (Wildman–Crippen MR) is 122 cm³/mol. The van der Waals surface area contributed by atoms with Gasteiger partial charge in [-0.05, 0) is 19.4 Å². The Labute approximate surface area is 216 Å². The SMILES string of the molecule is NCCCC(=O)O.O=C(O)CCCNC(=O)C(O)C(O)C(O)C(O)CO.O=C1O[C@H](CO)[C@@H](O)[C@H](O)[C@H]1O. The van der Waals surface area contributed by atoms with Gasteiger partial charge in [-0.3, -0.25) is 14.4 Å². The minimum Gasteiger partial charge on any atom is -0.481 e. The van der Waals surface area contributed by atoms with Gasteiger partial charge in [0.25, 0.3) is 5.91 Å². The Morgan fingerprint density at radius 1 is 0.895 bits per heavy atom. The quantitative estimate of drug-likeness (QED) is 0.0732. The Bertz CT molecular complexity index is 709. The van der Waals surface area contributed by atoms with Crippen molar-refractivity contribution in [3.63, 3.8) is 0 Å². The highest BCUT2D eigenvalue weighted by atomic mass is 16.6. The number of amides is 1. The topological polar surface area (TPSA) is 338 Å². The molecule has 0 bridgehead atoms. The van der Waals surface area contributed by atoms with Crippen LogP contribution in [0.4, 0.5) is 0 Å². The molecule has 1 heterocycles. The van der Waals surface area contributed by atoms with E-state index >= 15 is 0 Å². The van der Waals surface area contributed by atoms with Crippen LogP contribution in [0.15, 0.2) is 0 Å². The fourth-order valence-electron chi connectivity index (χ4n) is 2.47. The molecule has 0 aromatic carbocycles. The normalized spacial score (nSPS) is 23.7. The van der Waals surface area contributed by atoms with Gasteiger partial charge in [-0.1, -0.05) is 0 Å². The summed E-state index contributed by atoms with van der Waals surface area (Å²) in [5.41, 5.74) is 5.01. The number of carboxylic acids is 2. The molecule has 14 N–H and O–H groups in total. The van der Waals surface area contributed by atoms with Crippen molar-refractivity contribution in [2.24, 2.45) is 5.73 Å². The van der Waals surface area contributed by atoms with Crippen molar-refractivity contribution in [1.82, 2.24) is 5.32 Å². The summed E-state index contributed by atoms with van der Waals surface area (Å²) in [5.74, 6) is -3.85. The van der Waals surface area contributed by atoms with Crippen LogP contribution in [-0.2, 0) is 23.9 Å². The van der Waals surface area contributed by atoms with Crippen molar-refractivity contribution < 1.29 is 80.1 Å². The van der Waals surface area contributed by atoms with Crippen molar-refractivity contribution in [1.29, 1.82) is 0 Å². The molecule has 1 rings (SSSR count). The largest absolute Gasteiger partial charge is 0.481 e. The Morgan fingerprint density at radius 2 is 1.42 bits per heavy atom. The van der Waals surface area contributed by atoms with Gasteiger partial charge in [0, 0.05) is 19.4 Å². The Balaban J connectivity index is 0. The lowest BCUT2D eigenvalue weighted by Crippen LogP contribution is -2.56. The number of carbonyl (C=O) groups is 4. The molecule has 18 heteroatoms. The molecular formula is C20H38N2O16. The fraction of sp³-hybridized carbons (Fsp3) is 0.800. The van der Waals surface area contributed by atoms with E-state index in [2.05, 4.69) is 10.1 Å². The summed E-state index contributed by atoms with van der Waals surface area (Å²) in [4.78, 5) is 41.9. The van der Waals surface area contributed by atoms with E-state index < -0.39 is 85.9 Å². The molecule has 18 nitrogen and oxygen atoms in total. The van der Waals surface area contributed by atoms with Crippen LogP contribution in [0.3, 0.4) is 0 Å². The first-order chi connectivity index (χ1) is 17.7. The Hall–Kier alpha value is -2.52. The van der Waals surface area contributed by atoms with E-state index in [9.17, 15) is 34.5 Å². The first-order valence-corrected chi connectivity index (χ1v) is 11.3. The Morgan fingerprint density at radius 3 is 1.84 bits per heavy atom. The molecule has 0 aromatic rings. The molecule has 0 spiro atoms. The lowest BCUT2D eigenvalue weighted by atomic mass is 10.0. The molecule has 1 fully saturated rings. The second kappa shape index (κ2) is 20.4. The third kappa shape index (κ3) is 15.0. The van der Waals surface area contributed by atoms with Crippen molar-refractivity contribution >= 4 is 23.8 Å². The zero-order valence-electron chi connectivity index (χ0n) is 20.3. The molecule has 0 aliphatic carbocycles. The number of aliphatic hydroxyl groups is 9. The van der Waals surface area contributed by atoms with Crippen LogP contribution < -0.4 is 11.1 Å². The van der Waals surface area contributed by atoms with Crippen LogP contribution in [0.25, 0.3) is 0 Å². The van der Waals surface area contributed by atoms with Crippen LogP contribution in [-0.4, -0.2) is 155 Å². The van der Waals surface area contributed by atoms with Gasteiger partial charge >= 0.3 is 17.9 Å². The molecule has 4 unspecified atom stereocenters. The molecular weight excluding hydrogens is 524 g/mol. The average molecular weight is 563 g/mol. The summed E-state index contributed by atoms with van der Waals surface area (Å²) in [6.45, 7) is -0.984. The maximum Gasteiger partial charge on any atom is 0.338 e. The minimum absolute atomic E-state index is 0.0203. The highest BCUT2D eigenvalue weighted by Gasteiger charge is 2.43. The third-order valence-electron chi connectivity index (χ3n) is 4.73. The second-order valence-electron chi connectivity index (χ2n) is 7.83. The van der Waals surface area contributed by atoms with Crippen LogP contribution in [0.2, 0.25) is 0 Å². The number of cyclic esters (lactones) is 1. The number of hydrogen-bond donors (Lipinski definition) is 13. The zero-order chi connectivity index (χ0) is 30.0. The van der Waals surface area contributed by atoms with Gasteiger partial charge in [0.2, 0.25) is 0 Å². The molecule has 224 valence electrons. The predicted octanol–water partition coefficient (Wildman–Crippen LogP) is -6.80. The second-order valence-corrected chi connectivity index (χ2v) is 7.83. The van der Waals surface area contributed by atoms with Gasteiger partial charge in [0.15, 0.2) is 18.3 Å². The highest BCUT2D eigenvalue weighted by Crippen LogP contribution is 2.16. The van der Waals surface area contributed by atoms with E-state index in [1.54, 1.807) is 0 Å². The number of ether oxygens (including phenoxy) is 1. The number of aliphatic carboxylic acids is 2. The summed E-state index contributed by atoms with van der Waals surface area (Å²) in [7, 11) is 0. The maximum absolute atomic E-state index is 11.3. The van der Waals surface area contributed by atoms with E-state index in [-0.39, 0.29) is 25.8 Å². The summed E-state index contributed by atoms with van der Waals surface area (Å²) in [6.07, 6.45) is -12.7. The standard InChI is InChI=1S/C10H19NO8.C6H10O6.C4H9NO2/c12-4-5(13)7(16)8(17)9(18)10(19)11-3-1-2-6(14)15;7-1-2-3(8)4(9)5(10)6(11)12-2;5-3-1-2-4(6)7/h5,7-9,12-13,16-18H,1-4H2,(H,11,19)(H,14,15);2-5,7-10H,1H2;1-3,5H2,(H,6,7)/t;2-,3-,4+,5-;/m.1./s1. The molecule has 1 aliphatic heterocycles. The van der Waals surface area contributed by atoms with Gasteiger partial charge in [-0.15, -0.1) is 0 Å². The molecule has 0 radical (unpaired) electrons. The Kier molecular flexibility index (Phi) is 20.2. The molecule has 1 saturated heterocycles. The smallest absolute Gasteiger partial charge is 0.338 e. The highest BCUT2D eigenvalue weighted by molar-refractivity contribution is 5.81. The minimum atomic E-state index is -2.00. The van der Waals surface area contributed by atoms with Gasteiger partial charge in [0.05, 0.1) is 13.2 Å². The average Bonchev–Trinajstić information content (AvgIpc) is 2.89. The van der Waals surface area contributed by atoms with Crippen LogP contribution in [0, 0.1) is 0 Å². The van der Waals surface area contributed by atoms with E-state index in [1.165, 1.54) is 0 Å². The molecule has 0 aromatic heterocycles. The number of aliphatic hydroxyl groups excluding tert-OH is 9. The van der Waals surface area contributed by atoms with E-state index in [4.69, 9.17) is 46.6 Å². The summed E-state index contributed by atoms with van der Waals surface area (Å²) < 4.78 is 4.38. The lowest BCUT2D eigenvalue weighted by molar-refractivity contribution is -0.206. The number of rotatable bonds is 13. The number of hydrogen-bond acceptors (Lipinski definition) is 15. The summed E-state index contributed by atoms with van der Waals surface area (Å²) in [5, 5.41) is 99.6. The molecule has 1 amide bonds. The first-order valence-electron chi connectivity index (χ1n) is 11.3. The number of nitrogens with two attached hydrogens (primary N) is 1. The van der Waals surface area contributed by atoms with Gasteiger partial charge < -0.3 is 72.0 Å². The van der Waals surface area contributed by atoms with E-state index in [0.29, 0.717) is 13.0 Å². The van der Waals surface area contributed by atoms with Gasteiger partial charge in [0.1, 0.15) is 30.5 Å². The van der Waals surface area contributed by atoms with Crippen molar-refractivity contribution in [3.05, 3.63) is 0 Å². The van der Waals surface area contributed by atoms with Gasteiger partial charge in [-0.2, -0.15) is 0 Å². The monoisotopic (exact) mass is 562 g/mol. The maximum atomic E-state index is 11.3. The van der Waals surface area contributed by atoms with Crippen molar-refractivity contribution in [3.8, 4) is 0 Å². The van der Waals surface area contributed by atoms with Crippen molar-refractivity contribution in [2.45, 2.75) is 74.5 Å². The number of nitrogens with one attached hydrogen (secondary N) is 1. The number of esters is 1. The molecule has 1 aliphatic rings. The van der Waals surface area contributed by atoms with E-state index in [1.807, 2.05) is 0 Å². The van der Waals surface area contributed by atoms with Crippen LogP contribution in [0.5, 0.6) is 0 Å². The molecule has 8 atom stereocenters. The number of carboxylic acid groups (broad SMARTS) is 2. The summed E-state index contributed by atoms with van der Waals surface area (Å²) >= 11 is 0. The van der Waals surface area contributed by atoms with Crippen LogP contribution in [0.1, 0.15) is 25.7 Å².